The molecule has 6 rings (SSSR count). The Labute approximate surface area is 222 Å². The topological polar surface area (TPSA) is 93.5 Å². The summed E-state index contributed by atoms with van der Waals surface area (Å²) in [4.78, 5) is 13.5. The molecular weight excluding hydrogens is 527 g/mol. The maximum atomic E-state index is 14.2. The SMILES string of the molecule is Cc1ccc(S(=O)(=O)n2cc(/C=C/C(=O)N3[C@H]4C[C@@H]5CC[C@@]4(CS3(=O)=O)C5(C)C)c3cc(F)ccc32)cc1. The van der Waals surface area contributed by atoms with E-state index < -0.39 is 37.2 Å². The van der Waals surface area contributed by atoms with E-state index in [1.807, 2.05) is 6.92 Å². The molecule has 3 aromatic rings. The molecule has 2 heterocycles. The van der Waals surface area contributed by atoms with Gasteiger partial charge in [0.2, 0.25) is 10.0 Å². The Kier molecular flexibility index (Phi) is 5.34. The number of fused-ring (bicyclic) bond motifs is 2. The number of amides is 1. The number of carbonyl (C=O) groups excluding carboxylic acids is 1. The molecule has 0 unspecified atom stereocenters. The van der Waals surface area contributed by atoms with Crippen molar-refractivity contribution in [2.24, 2.45) is 16.7 Å². The first-order valence-electron chi connectivity index (χ1n) is 12.6. The molecule has 38 heavy (non-hydrogen) atoms. The highest BCUT2D eigenvalue weighted by molar-refractivity contribution is 7.90. The molecule has 1 amide bonds. The quantitative estimate of drug-likeness (QED) is 0.434. The van der Waals surface area contributed by atoms with Gasteiger partial charge in [-0.25, -0.2) is 29.5 Å². The first kappa shape index (κ1) is 25.3. The molecule has 2 aromatic carbocycles. The van der Waals surface area contributed by atoms with Crippen LogP contribution in [0, 0.1) is 29.5 Å². The smallest absolute Gasteiger partial charge is 0.268 e. The van der Waals surface area contributed by atoms with Crippen LogP contribution in [0.25, 0.3) is 17.0 Å². The first-order chi connectivity index (χ1) is 17.8. The summed E-state index contributed by atoms with van der Waals surface area (Å²) in [6.07, 6.45) is 6.29. The predicted molar refractivity (Wildman–Crippen MR) is 143 cm³/mol. The van der Waals surface area contributed by atoms with E-state index in [1.165, 1.54) is 42.6 Å². The van der Waals surface area contributed by atoms with Crippen molar-refractivity contribution in [3.63, 3.8) is 0 Å². The Morgan fingerprint density at radius 1 is 1.13 bits per heavy atom. The Morgan fingerprint density at radius 3 is 2.53 bits per heavy atom. The van der Waals surface area contributed by atoms with Crippen LogP contribution in [-0.4, -0.2) is 42.8 Å². The molecule has 200 valence electrons. The fraction of sp³-hybridized carbons (Fsp3) is 0.393. The second-order valence-corrected chi connectivity index (χ2v) is 15.1. The van der Waals surface area contributed by atoms with Gasteiger partial charge >= 0.3 is 0 Å². The van der Waals surface area contributed by atoms with Crippen LogP contribution >= 0.6 is 0 Å². The summed E-state index contributed by atoms with van der Waals surface area (Å²) in [6.45, 7) is 6.08. The van der Waals surface area contributed by atoms with E-state index in [-0.39, 0.29) is 27.6 Å². The molecule has 0 radical (unpaired) electrons. The van der Waals surface area contributed by atoms with Gasteiger partial charge in [-0.1, -0.05) is 31.5 Å². The number of hydrogen-bond acceptors (Lipinski definition) is 5. The van der Waals surface area contributed by atoms with Crippen LogP contribution in [0.5, 0.6) is 0 Å². The fourth-order valence-corrected chi connectivity index (χ4v) is 11.1. The van der Waals surface area contributed by atoms with Crippen LogP contribution < -0.4 is 0 Å². The number of hydrogen-bond donors (Lipinski definition) is 0. The van der Waals surface area contributed by atoms with Gasteiger partial charge in [-0.05, 0) is 73.9 Å². The van der Waals surface area contributed by atoms with Gasteiger partial charge in [0, 0.05) is 28.6 Å². The molecule has 1 aromatic heterocycles. The monoisotopic (exact) mass is 556 g/mol. The Bertz CT molecular complexity index is 1740. The van der Waals surface area contributed by atoms with E-state index >= 15 is 0 Å². The van der Waals surface area contributed by atoms with Gasteiger partial charge in [0.25, 0.3) is 15.9 Å². The van der Waals surface area contributed by atoms with Gasteiger partial charge in [-0.15, -0.1) is 0 Å². The van der Waals surface area contributed by atoms with Gasteiger partial charge in [0.1, 0.15) is 5.82 Å². The lowest BCUT2D eigenvalue weighted by atomic mass is 9.69. The van der Waals surface area contributed by atoms with Gasteiger partial charge in [-0.3, -0.25) is 4.79 Å². The molecule has 3 aliphatic rings. The van der Waals surface area contributed by atoms with E-state index in [9.17, 15) is 26.0 Å². The van der Waals surface area contributed by atoms with Crippen LogP contribution in [0.4, 0.5) is 4.39 Å². The zero-order valence-electron chi connectivity index (χ0n) is 21.4. The number of aryl methyl sites for hydroxylation is 1. The van der Waals surface area contributed by atoms with Crippen LogP contribution in [0.2, 0.25) is 0 Å². The highest BCUT2D eigenvalue weighted by Gasteiger charge is 2.72. The largest absolute Gasteiger partial charge is 0.269 e. The molecule has 1 spiro atoms. The van der Waals surface area contributed by atoms with E-state index in [0.29, 0.717) is 23.3 Å². The van der Waals surface area contributed by atoms with Crippen molar-refractivity contribution >= 4 is 42.9 Å². The summed E-state index contributed by atoms with van der Waals surface area (Å²) >= 11 is 0. The molecule has 7 nitrogen and oxygen atoms in total. The van der Waals surface area contributed by atoms with Crippen LogP contribution in [0.15, 0.2) is 59.6 Å². The Balaban J connectivity index is 1.39. The van der Waals surface area contributed by atoms with Crippen LogP contribution in [-0.2, 0) is 24.8 Å². The second-order valence-electron chi connectivity index (χ2n) is 11.4. The Hall–Kier alpha value is -2.98. The second kappa shape index (κ2) is 8.02. The standard InChI is InChI=1S/C28H29FN2O5S2/c1-18-4-8-22(9-5-18)38(35,36)30-16-19(23-15-21(29)7-10-24(23)30)6-11-26(32)31-25-14-20-12-13-28(25,27(20,2)3)17-37(31,33)34/h4-11,15-16,20,25H,12-14,17H2,1-3H3/b11-6+/t20-,25-,28-/m0/s1. The summed E-state index contributed by atoms with van der Waals surface area (Å²) in [5.41, 5.74) is 0.841. The van der Waals surface area contributed by atoms with Gasteiger partial charge in [0.15, 0.2) is 0 Å². The van der Waals surface area contributed by atoms with E-state index in [4.69, 9.17) is 0 Å². The number of aromatic nitrogens is 1. The lowest BCUT2D eigenvalue weighted by molar-refractivity contribution is -0.123. The summed E-state index contributed by atoms with van der Waals surface area (Å²) in [6, 6.07) is 9.78. The van der Waals surface area contributed by atoms with Gasteiger partial charge < -0.3 is 0 Å². The number of benzene rings is 2. The van der Waals surface area contributed by atoms with Crippen molar-refractivity contribution in [1.29, 1.82) is 0 Å². The van der Waals surface area contributed by atoms with E-state index in [1.54, 1.807) is 12.1 Å². The lowest BCUT2D eigenvalue weighted by Crippen LogP contribution is -2.43. The maximum Gasteiger partial charge on any atom is 0.268 e. The summed E-state index contributed by atoms with van der Waals surface area (Å²) in [7, 11) is -7.81. The van der Waals surface area contributed by atoms with Crippen molar-refractivity contribution < 1.29 is 26.0 Å². The zero-order chi connectivity index (χ0) is 27.3. The third-order valence-electron chi connectivity index (χ3n) is 9.37. The molecule has 3 atom stereocenters. The third kappa shape index (κ3) is 3.38. The molecule has 1 saturated heterocycles. The zero-order valence-corrected chi connectivity index (χ0v) is 23.0. The average Bonchev–Trinajstić information content (AvgIpc) is 3.47. The number of sulfonamides is 1. The fourth-order valence-electron chi connectivity index (χ4n) is 7.17. The normalized spacial score (nSPS) is 27.4. The van der Waals surface area contributed by atoms with Crippen molar-refractivity contribution in [3.8, 4) is 0 Å². The molecule has 2 aliphatic carbocycles. The van der Waals surface area contributed by atoms with Crippen LogP contribution in [0.3, 0.4) is 0 Å². The van der Waals surface area contributed by atoms with Crippen molar-refractivity contribution in [2.45, 2.75) is 51.0 Å². The number of nitrogens with zero attached hydrogens (tertiary/aromatic N) is 2. The number of halogens is 1. The van der Waals surface area contributed by atoms with Gasteiger partial charge in [-0.2, -0.15) is 0 Å². The molecule has 3 fully saturated rings. The Morgan fingerprint density at radius 2 is 1.84 bits per heavy atom. The molecule has 2 bridgehead atoms. The molecule has 2 saturated carbocycles. The highest BCUT2D eigenvalue weighted by Crippen LogP contribution is 2.70. The van der Waals surface area contributed by atoms with E-state index in [2.05, 4.69) is 13.8 Å². The molecular formula is C28H29FN2O5S2. The minimum Gasteiger partial charge on any atom is -0.269 e. The number of rotatable bonds is 4. The van der Waals surface area contributed by atoms with Crippen LogP contribution in [0.1, 0.15) is 44.2 Å². The first-order valence-corrected chi connectivity index (χ1v) is 15.7. The van der Waals surface area contributed by atoms with Crippen molar-refractivity contribution in [1.82, 2.24) is 8.28 Å². The molecule has 1 aliphatic heterocycles. The summed E-state index contributed by atoms with van der Waals surface area (Å²) < 4.78 is 69.6. The van der Waals surface area contributed by atoms with E-state index in [0.717, 1.165) is 32.8 Å². The molecule has 10 heteroatoms. The summed E-state index contributed by atoms with van der Waals surface area (Å²) in [5, 5.41) is 0.298. The van der Waals surface area contributed by atoms with Crippen molar-refractivity contribution in [3.05, 3.63) is 71.7 Å². The van der Waals surface area contributed by atoms with Crippen molar-refractivity contribution in [2.75, 3.05) is 5.75 Å². The number of carbonyl (C=O) groups is 1. The maximum absolute atomic E-state index is 14.2. The lowest BCUT2D eigenvalue weighted by Gasteiger charge is -2.36. The minimum atomic E-state index is -4.01. The molecule has 0 N–H and O–H groups in total. The average molecular weight is 557 g/mol. The predicted octanol–water partition coefficient (Wildman–Crippen LogP) is 4.71. The van der Waals surface area contributed by atoms with Gasteiger partial charge in [0.05, 0.1) is 22.2 Å². The summed E-state index contributed by atoms with van der Waals surface area (Å²) in [5.74, 6) is -0.881. The highest BCUT2D eigenvalue weighted by atomic mass is 32.2. The minimum absolute atomic E-state index is 0.0347. The third-order valence-corrected chi connectivity index (χ3v) is 13.0.